The van der Waals surface area contributed by atoms with E-state index in [-0.39, 0.29) is 17.9 Å². The Morgan fingerprint density at radius 2 is 1.79 bits per heavy atom. The monoisotopic (exact) mass is 474 g/mol. The van der Waals surface area contributed by atoms with Crippen LogP contribution in [0, 0.1) is 13.8 Å². The van der Waals surface area contributed by atoms with Gasteiger partial charge in [-0.25, -0.2) is 4.68 Å². The lowest BCUT2D eigenvalue weighted by molar-refractivity contribution is -0.173. The van der Waals surface area contributed by atoms with Crippen LogP contribution in [-0.2, 0) is 0 Å². The van der Waals surface area contributed by atoms with E-state index in [1.165, 1.54) is 20.3 Å². The molecule has 1 aromatic heterocycles. The number of benzene rings is 2. The molecule has 4 rings (SSSR count). The number of anilines is 2. The molecular weight excluding hydrogens is 449 g/mol. The van der Waals surface area contributed by atoms with Gasteiger partial charge in [0.1, 0.15) is 5.82 Å². The number of rotatable bonds is 5. The van der Waals surface area contributed by atoms with Crippen molar-refractivity contribution in [3.8, 4) is 11.5 Å². The second kappa shape index (κ2) is 8.92. The Bertz CT molecular complexity index is 1220. The summed E-state index contributed by atoms with van der Waals surface area (Å²) in [6.45, 7) is 3.86. The van der Waals surface area contributed by atoms with E-state index in [1.807, 2.05) is 19.9 Å². The largest absolute Gasteiger partial charge is 0.493 e. The number of halogens is 3. The Hall–Kier alpha value is -3.69. The molecule has 0 bridgehead atoms. The number of nitrogens with one attached hydrogen (secondary N) is 2. The van der Waals surface area contributed by atoms with E-state index in [0.717, 1.165) is 15.8 Å². The van der Waals surface area contributed by atoms with Crippen molar-refractivity contribution in [2.75, 3.05) is 24.9 Å². The fourth-order valence-electron chi connectivity index (χ4n) is 3.99. The molecular formula is C24H25F3N4O3. The highest BCUT2D eigenvalue weighted by molar-refractivity contribution is 6.03. The lowest BCUT2D eigenvalue weighted by Crippen LogP contribution is -2.35. The Balaban J connectivity index is 1.64. The molecule has 0 saturated carbocycles. The Labute approximate surface area is 194 Å². The zero-order chi connectivity index (χ0) is 24.6. The van der Waals surface area contributed by atoms with E-state index in [9.17, 15) is 18.0 Å². The van der Waals surface area contributed by atoms with Gasteiger partial charge in [-0.2, -0.15) is 18.3 Å². The molecule has 0 fully saturated rings. The van der Waals surface area contributed by atoms with Gasteiger partial charge < -0.3 is 20.1 Å². The number of hydrogen-bond acceptors (Lipinski definition) is 5. The van der Waals surface area contributed by atoms with Gasteiger partial charge >= 0.3 is 6.18 Å². The van der Waals surface area contributed by atoms with Crippen LogP contribution < -0.4 is 20.1 Å². The van der Waals surface area contributed by atoms with Crippen LogP contribution in [0.1, 0.15) is 45.7 Å². The lowest BCUT2D eigenvalue weighted by Gasteiger charge is -2.33. The zero-order valence-electron chi connectivity index (χ0n) is 19.2. The SMILES string of the molecule is COc1ccc([C@H]2C[C@@H](C(F)(F)F)n3nc(C(=O)Nc4ccc(C)c(C)c4)cc3N2)cc1OC. The predicted molar refractivity (Wildman–Crippen MR) is 122 cm³/mol. The van der Waals surface area contributed by atoms with Crippen molar-refractivity contribution < 1.29 is 27.4 Å². The van der Waals surface area contributed by atoms with Gasteiger partial charge in [-0.05, 0) is 54.8 Å². The van der Waals surface area contributed by atoms with Gasteiger partial charge in [0, 0.05) is 18.2 Å². The molecule has 1 aliphatic heterocycles. The first kappa shape index (κ1) is 23.5. The van der Waals surface area contributed by atoms with Gasteiger partial charge in [0.05, 0.1) is 20.3 Å². The third-order valence-corrected chi connectivity index (χ3v) is 6.00. The van der Waals surface area contributed by atoms with Crippen LogP contribution in [0.5, 0.6) is 11.5 Å². The molecule has 1 amide bonds. The van der Waals surface area contributed by atoms with E-state index in [4.69, 9.17) is 9.47 Å². The summed E-state index contributed by atoms with van der Waals surface area (Å²) in [5.41, 5.74) is 3.08. The van der Waals surface area contributed by atoms with E-state index in [1.54, 1.807) is 30.3 Å². The molecule has 1 aliphatic rings. The summed E-state index contributed by atoms with van der Waals surface area (Å²) in [4.78, 5) is 12.8. The molecule has 34 heavy (non-hydrogen) atoms. The van der Waals surface area contributed by atoms with Gasteiger partial charge in [0.2, 0.25) is 0 Å². The predicted octanol–water partition coefficient (Wildman–Crippen LogP) is 5.43. The van der Waals surface area contributed by atoms with Crippen molar-refractivity contribution in [3.63, 3.8) is 0 Å². The van der Waals surface area contributed by atoms with E-state index >= 15 is 0 Å². The minimum absolute atomic E-state index is 0.108. The highest BCUT2D eigenvalue weighted by Gasteiger charge is 2.47. The number of nitrogens with zero attached hydrogens (tertiary/aromatic N) is 2. The van der Waals surface area contributed by atoms with Crippen molar-refractivity contribution in [2.45, 2.75) is 38.5 Å². The third kappa shape index (κ3) is 4.52. The number of aryl methyl sites for hydroxylation is 2. The fourth-order valence-corrected chi connectivity index (χ4v) is 3.99. The molecule has 7 nitrogen and oxygen atoms in total. The fraction of sp³-hybridized carbons (Fsp3) is 0.333. The topological polar surface area (TPSA) is 77.4 Å². The second-order valence-corrected chi connectivity index (χ2v) is 8.22. The van der Waals surface area contributed by atoms with Crippen LogP contribution in [0.4, 0.5) is 24.7 Å². The molecule has 2 heterocycles. The highest BCUT2D eigenvalue weighted by atomic mass is 19.4. The summed E-state index contributed by atoms with van der Waals surface area (Å²) in [5, 5.41) is 9.79. The first-order chi connectivity index (χ1) is 16.1. The van der Waals surface area contributed by atoms with Crippen LogP contribution in [0.2, 0.25) is 0 Å². The lowest BCUT2D eigenvalue weighted by atomic mass is 9.96. The molecule has 3 aromatic rings. The first-order valence-electron chi connectivity index (χ1n) is 10.6. The van der Waals surface area contributed by atoms with Gasteiger partial charge in [-0.15, -0.1) is 0 Å². The van der Waals surface area contributed by atoms with E-state index < -0.39 is 24.2 Å². The molecule has 0 radical (unpaired) electrons. The van der Waals surface area contributed by atoms with Crippen molar-refractivity contribution in [1.29, 1.82) is 0 Å². The number of amides is 1. The molecule has 2 aromatic carbocycles. The number of methoxy groups -OCH3 is 2. The number of fused-ring (bicyclic) bond motifs is 1. The third-order valence-electron chi connectivity index (χ3n) is 6.00. The number of ether oxygens (including phenoxy) is 2. The number of aromatic nitrogens is 2. The van der Waals surface area contributed by atoms with Crippen molar-refractivity contribution in [3.05, 3.63) is 64.8 Å². The van der Waals surface area contributed by atoms with Crippen LogP contribution in [0.3, 0.4) is 0 Å². The van der Waals surface area contributed by atoms with Crippen molar-refractivity contribution in [2.24, 2.45) is 0 Å². The second-order valence-electron chi connectivity index (χ2n) is 8.22. The molecule has 2 atom stereocenters. The van der Waals surface area contributed by atoms with Gasteiger partial charge in [-0.3, -0.25) is 4.79 Å². The van der Waals surface area contributed by atoms with Crippen molar-refractivity contribution in [1.82, 2.24) is 9.78 Å². The van der Waals surface area contributed by atoms with Gasteiger partial charge in [-0.1, -0.05) is 12.1 Å². The molecule has 0 saturated heterocycles. The maximum atomic E-state index is 14.0. The number of hydrogen-bond donors (Lipinski definition) is 2. The summed E-state index contributed by atoms with van der Waals surface area (Å²) >= 11 is 0. The van der Waals surface area contributed by atoms with E-state index in [0.29, 0.717) is 22.7 Å². The van der Waals surface area contributed by atoms with Gasteiger partial charge in [0.25, 0.3) is 5.91 Å². The maximum Gasteiger partial charge on any atom is 0.410 e. The Morgan fingerprint density at radius 1 is 1.06 bits per heavy atom. The van der Waals surface area contributed by atoms with Gasteiger partial charge in [0.15, 0.2) is 23.2 Å². The number of carbonyl (C=O) groups is 1. The quantitative estimate of drug-likeness (QED) is 0.516. The average molecular weight is 474 g/mol. The number of alkyl halides is 3. The molecule has 0 unspecified atom stereocenters. The van der Waals surface area contributed by atoms with Crippen LogP contribution in [0.25, 0.3) is 0 Å². The molecule has 2 N–H and O–H groups in total. The minimum atomic E-state index is -4.56. The summed E-state index contributed by atoms with van der Waals surface area (Å²) in [6, 6.07) is 9.13. The van der Waals surface area contributed by atoms with Crippen LogP contribution >= 0.6 is 0 Å². The summed E-state index contributed by atoms with van der Waals surface area (Å²) < 4.78 is 53.3. The van der Waals surface area contributed by atoms with Crippen LogP contribution in [0.15, 0.2) is 42.5 Å². The summed E-state index contributed by atoms with van der Waals surface area (Å²) in [6.07, 6.45) is -4.86. The van der Waals surface area contributed by atoms with E-state index in [2.05, 4.69) is 15.7 Å². The molecule has 180 valence electrons. The standard InChI is InChI=1S/C24H25F3N4O3/c1-13-5-7-16(9-14(13)2)28-23(32)18-12-22-29-17(11-21(24(25,26)27)31(22)30-18)15-6-8-19(33-3)20(10-15)34-4/h5-10,12,17,21,29H,11H2,1-4H3,(H,28,32)/t17-,21+/m1/s1. The minimum Gasteiger partial charge on any atom is -0.493 e. The molecule has 0 aliphatic carbocycles. The molecule has 0 spiro atoms. The normalized spacial score (nSPS) is 17.5. The molecule has 10 heteroatoms. The smallest absolute Gasteiger partial charge is 0.410 e. The maximum absolute atomic E-state index is 14.0. The highest BCUT2D eigenvalue weighted by Crippen LogP contribution is 2.44. The zero-order valence-corrected chi connectivity index (χ0v) is 19.2. The number of carbonyl (C=O) groups excluding carboxylic acids is 1. The average Bonchev–Trinajstić information content (AvgIpc) is 3.24. The van der Waals surface area contributed by atoms with Crippen LogP contribution in [-0.4, -0.2) is 36.1 Å². The first-order valence-corrected chi connectivity index (χ1v) is 10.6. The summed E-state index contributed by atoms with van der Waals surface area (Å²) in [7, 11) is 2.95. The Morgan fingerprint density at radius 3 is 2.44 bits per heavy atom. The van der Waals surface area contributed by atoms with Crippen molar-refractivity contribution >= 4 is 17.4 Å². The Kier molecular flexibility index (Phi) is 6.16. The summed E-state index contributed by atoms with van der Waals surface area (Å²) in [5.74, 6) is 0.414.